The van der Waals surface area contributed by atoms with Crippen LogP contribution in [0.25, 0.3) is 0 Å². The van der Waals surface area contributed by atoms with E-state index < -0.39 is 0 Å². The second kappa shape index (κ2) is 9.03. The van der Waals surface area contributed by atoms with Crippen molar-refractivity contribution in [3.8, 4) is 0 Å². The summed E-state index contributed by atoms with van der Waals surface area (Å²) in [6, 6.07) is 0. The van der Waals surface area contributed by atoms with E-state index in [9.17, 15) is 0 Å². The van der Waals surface area contributed by atoms with E-state index in [1.807, 2.05) is 0 Å². The Morgan fingerprint density at radius 1 is 1.45 bits per heavy atom. The average molecular weight is 269 g/mol. The quantitative estimate of drug-likeness (QED) is 0.433. The van der Waals surface area contributed by atoms with Crippen molar-refractivity contribution in [3.05, 3.63) is 23.3 Å². The van der Waals surface area contributed by atoms with Gasteiger partial charge in [-0.3, -0.25) is 6.08 Å². The fraction of sp³-hybridized carbons (Fsp3) is 0.500. The van der Waals surface area contributed by atoms with Crippen LogP contribution in [-0.4, -0.2) is 0 Å². The molecule has 0 bridgehead atoms. The SMILES string of the molecule is CCC1=C(C)CC=[C-]1.[Cl-].[Cl-].[Zr+3]. The number of rotatable bonds is 1. The first-order chi connectivity index (χ1) is 3.84. The summed E-state index contributed by atoms with van der Waals surface area (Å²) in [6.07, 6.45) is 7.59. The van der Waals surface area contributed by atoms with Crippen molar-refractivity contribution in [1.29, 1.82) is 0 Å². The second-order valence-corrected chi connectivity index (χ2v) is 2.17. The zero-order valence-electron chi connectivity index (χ0n) is 6.75. The fourth-order valence-corrected chi connectivity index (χ4v) is 0.978. The van der Waals surface area contributed by atoms with Gasteiger partial charge in [0.15, 0.2) is 0 Å². The Morgan fingerprint density at radius 3 is 2.18 bits per heavy atom. The first kappa shape index (κ1) is 17.9. The van der Waals surface area contributed by atoms with Gasteiger partial charge in [0.05, 0.1) is 0 Å². The van der Waals surface area contributed by atoms with Crippen LogP contribution in [0.3, 0.4) is 0 Å². The van der Waals surface area contributed by atoms with Gasteiger partial charge in [-0.2, -0.15) is 6.08 Å². The Hall–Kier alpha value is 0.943. The molecule has 0 amide bonds. The maximum absolute atomic E-state index is 3.21. The van der Waals surface area contributed by atoms with Crippen molar-refractivity contribution in [2.75, 3.05) is 0 Å². The minimum absolute atomic E-state index is 0. The summed E-state index contributed by atoms with van der Waals surface area (Å²) >= 11 is 0. The first-order valence-electron chi connectivity index (χ1n) is 3.11. The molecule has 0 aliphatic heterocycles. The maximum Gasteiger partial charge on any atom is 3.00 e. The van der Waals surface area contributed by atoms with Crippen LogP contribution >= 0.6 is 0 Å². The molecule has 0 N–H and O–H groups in total. The monoisotopic (exact) mass is 267 g/mol. The molecule has 0 unspecified atom stereocenters. The minimum atomic E-state index is 0. The summed E-state index contributed by atoms with van der Waals surface area (Å²) in [5, 5.41) is 0. The number of allylic oxidation sites excluding steroid dienone is 4. The molecule has 1 aliphatic rings. The topological polar surface area (TPSA) is 0 Å². The molecule has 1 rings (SSSR count). The zero-order chi connectivity index (χ0) is 5.98. The van der Waals surface area contributed by atoms with Gasteiger partial charge in [0.1, 0.15) is 0 Å². The van der Waals surface area contributed by atoms with E-state index >= 15 is 0 Å². The van der Waals surface area contributed by atoms with Crippen LogP contribution in [0.15, 0.2) is 17.2 Å². The Balaban J connectivity index is -0.000000213. The molecule has 0 fully saturated rings. The zero-order valence-corrected chi connectivity index (χ0v) is 10.7. The van der Waals surface area contributed by atoms with Crippen LogP contribution in [0.5, 0.6) is 0 Å². The molecule has 1 aliphatic carbocycles. The molecular formula is C8H11Cl2Zr. The average Bonchev–Trinajstić information content (AvgIpc) is 2.14. The van der Waals surface area contributed by atoms with Gasteiger partial charge in [-0.25, -0.2) is 11.1 Å². The Bertz CT molecular complexity index is 150. The summed E-state index contributed by atoms with van der Waals surface area (Å²) in [4.78, 5) is 0. The molecule has 61 valence electrons. The molecule has 0 saturated heterocycles. The van der Waals surface area contributed by atoms with Gasteiger partial charge in [-0.15, -0.1) is 6.92 Å². The third-order valence-electron chi connectivity index (χ3n) is 1.55. The van der Waals surface area contributed by atoms with Gasteiger partial charge >= 0.3 is 26.2 Å². The molecule has 0 nitrogen and oxygen atoms in total. The predicted octanol–water partition coefficient (Wildman–Crippen LogP) is -3.52. The van der Waals surface area contributed by atoms with Crippen molar-refractivity contribution >= 4 is 0 Å². The van der Waals surface area contributed by atoms with E-state index in [1.54, 1.807) is 0 Å². The van der Waals surface area contributed by atoms with Crippen LogP contribution in [0.4, 0.5) is 0 Å². The van der Waals surface area contributed by atoms with Gasteiger partial charge in [0.2, 0.25) is 0 Å². The van der Waals surface area contributed by atoms with Crippen LogP contribution in [0, 0.1) is 6.08 Å². The summed E-state index contributed by atoms with van der Waals surface area (Å²) < 4.78 is 0. The summed E-state index contributed by atoms with van der Waals surface area (Å²) in [5.41, 5.74) is 2.90. The van der Waals surface area contributed by atoms with Gasteiger partial charge in [0, 0.05) is 0 Å². The number of hydrogen-bond acceptors (Lipinski definition) is 0. The Kier molecular flexibility index (Phi) is 14.7. The van der Waals surface area contributed by atoms with Crippen LogP contribution in [0.2, 0.25) is 0 Å². The maximum atomic E-state index is 3.21. The number of halogens is 2. The van der Waals surface area contributed by atoms with E-state index in [0.717, 1.165) is 12.8 Å². The molecule has 0 atom stereocenters. The van der Waals surface area contributed by atoms with Crippen molar-refractivity contribution in [3.63, 3.8) is 0 Å². The molecule has 3 heteroatoms. The van der Waals surface area contributed by atoms with Gasteiger partial charge in [0.25, 0.3) is 0 Å². The van der Waals surface area contributed by atoms with Crippen molar-refractivity contribution in [1.82, 2.24) is 0 Å². The largest absolute Gasteiger partial charge is 3.00 e. The van der Waals surface area contributed by atoms with Gasteiger partial charge < -0.3 is 24.8 Å². The third kappa shape index (κ3) is 5.22. The normalized spacial score (nSPS) is 13.3. The van der Waals surface area contributed by atoms with Gasteiger partial charge in [-0.05, 0) is 0 Å². The van der Waals surface area contributed by atoms with Crippen molar-refractivity contribution < 1.29 is 51.0 Å². The number of hydrogen-bond donors (Lipinski definition) is 0. The van der Waals surface area contributed by atoms with E-state index in [2.05, 4.69) is 26.0 Å². The molecular weight excluding hydrogens is 258 g/mol. The van der Waals surface area contributed by atoms with Crippen molar-refractivity contribution in [2.24, 2.45) is 0 Å². The summed E-state index contributed by atoms with van der Waals surface area (Å²) in [5.74, 6) is 0. The molecule has 0 spiro atoms. The van der Waals surface area contributed by atoms with Crippen LogP contribution < -0.4 is 24.8 Å². The molecule has 0 saturated carbocycles. The summed E-state index contributed by atoms with van der Waals surface area (Å²) in [6.45, 7) is 4.35. The molecule has 0 aromatic rings. The van der Waals surface area contributed by atoms with Crippen molar-refractivity contribution in [2.45, 2.75) is 26.7 Å². The van der Waals surface area contributed by atoms with Crippen LogP contribution in [0.1, 0.15) is 26.7 Å². The molecule has 11 heavy (non-hydrogen) atoms. The molecule has 1 radical (unpaired) electrons. The van der Waals surface area contributed by atoms with E-state index in [-0.39, 0.29) is 51.0 Å². The first-order valence-corrected chi connectivity index (χ1v) is 3.11. The van der Waals surface area contributed by atoms with E-state index in [0.29, 0.717) is 0 Å². The molecule has 0 aromatic heterocycles. The third-order valence-corrected chi connectivity index (χ3v) is 1.55. The minimum Gasteiger partial charge on any atom is -1.00 e. The van der Waals surface area contributed by atoms with Crippen LogP contribution in [-0.2, 0) is 26.2 Å². The predicted molar refractivity (Wildman–Crippen MR) is 35.4 cm³/mol. The van der Waals surface area contributed by atoms with E-state index in [4.69, 9.17) is 0 Å². The Labute approximate surface area is 100 Å². The smallest absolute Gasteiger partial charge is 1.00 e. The standard InChI is InChI=1S/C8H11.2ClH.Zr/c1-3-8-6-4-5-7(8)2;;;/h4H,3,5H2,1-2H3;2*1H;/q-1;;;+3/p-2. The second-order valence-electron chi connectivity index (χ2n) is 2.17. The fourth-order valence-electron chi connectivity index (χ4n) is 0.978. The summed E-state index contributed by atoms with van der Waals surface area (Å²) in [7, 11) is 0. The molecule has 0 aromatic carbocycles. The molecule has 0 heterocycles. The Morgan fingerprint density at radius 2 is 2.00 bits per heavy atom. The van der Waals surface area contributed by atoms with Gasteiger partial charge in [-0.1, -0.05) is 19.8 Å². The van der Waals surface area contributed by atoms with E-state index in [1.165, 1.54) is 11.1 Å².